The Morgan fingerprint density at radius 3 is 2.70 bits per heavy atom. The normalized spacial score (nSPS) is 21.5. The molecule has 2 aliphatic heterocycles. The third kappa shape index (κ3) is 4.40. The fourth-order valence-electron chi connectivity index (χ4n) is 5.01. The lowest BCUT2D eigenvalue weighted by atomic mass is 10.2. The molecular weight excluding hydrogens is 396 g/mol. The standard InChI is InChI=1S/C22H30N6OS/c29-21(28-13-11-27(12-14-28)17-5-1-2-6-17)16-26-10-4-8-18-20(15-26)30-22(24-18)19-7-3-9-23-25-19/h3,7,9,17H,1-2,4-6,8,10-16H2. The molecule has 3 aliphatic rings. The number of amides is 1. The van der Waals surface area contributed by atoms with Gasteiger partial charge in [-0.3, -0.25) is 14.6 Å². The predicted molar refractivity (Wildman–Crippen MR) is 117 cm³/mol. The van der Waals surface area contributed by atoms with Crippen molar-refractivity contribution in [2.24, 2.45) is 0 Å². The van der Waals surface area contributed by atoms with E-state index in [-0.39, 0.29) is 5.91 Å². The van der Waals surface area contributed by atoms with Gasteiger partial charge in [-0.15, -0.1) is 16.4 Å². The van der Waals surface area contributed by atoms with Gasteiger partial charge >= 0.3 is 0 Å². The Morgan fingerprint density at radius 2 is 1.93 bits per heavy atom. The van der Waals surface area contributed by atoms with E-state index in [9.17, 15) is 4.79 Å². The maximum atomic E-state index is 13.0. The lowest BCUT2D eigenvalue weighted by Gasteiger charge is -2.38. The maximum absolute atomic E-state index is 13.0. The number of hydrogen-bond donors (Lipinski definition) is 0. The van der Waals surface area contributed by atoms with E-state index in [1.54, 1.807) is 17.5 Å². The minimum atomic E-state index is 0.281. The summed E-state index contributed by atoms with van der Waals surface area (Å²) < 4.78 is 0. The lowest BCUT2D eigenvalue weighted by molar-refractivity contribution is -0.134. The van der Waals surface area contributed by atoms with Gasteiger partial charge in [0.25, 0.3) is 0 Å². The summed E-state index contributed by atoms with van der Waals surface area (Å²) in [6, 6.07) is 4.62. The van der Waals surface area contributed by atoms with Crippen LogP contribution in [0.25, 0.3) is 10.7 Å². The first-order valence-electron chi connectivity index (χ1n) is 11.3. The number of thiazole rings is 1. The minimum Gasteiger partial charge on any atom is -0.339 e. The topological polar surface area (TPSA) is 65.5 Å². The fourth-order valence-corrected chi connectivity index (χ4v) is 6.13. The number of piperazine rings is 1. The maximum Gasteiger partial charge on any atom is 0.236 e. The highest BCUT2D eigenvalue weighted by Gasteiger charge is 2.29. The Balaban J connectivity index is 1.18. The second-order valence-electron chi connectivity index (χ2n) is 8.67. The molecule has 30 heavy (non-hydrogen) atoms. The van der Waals surface area contributed by atoms with Crippen LogP contribution in [-0.4, -0.2) is 81.1 Å². The van der Waals surface area contributed by atoms with Gasteiger partial charge in [-0.1, -0.05) is 12.8 Å². The molecule has 0 spiro atoms. The number of carbonyl (C=O) groups is 1. The zero-order valence-electron chi connectivity index (χ0n) is 17.5. The van der Waals surface area contributed by atoms with E-state index >= 15 is 0 Å². The number of rotatable bonds is 4. The molecule has 2 fully saturated rings. The van der Waals surface area contributed by atoms with Crippen LogP contribution in [0.5, 0.6) is 0 Å². The van der Waals surface area contributed by atoms with E-state index in [4.69, 9.17) is 4.98 Å². The largest absolute Gasteiger partial charge is 0.339 e. The van der Waals surface area contributed by atoms with Crippen molar-refractivity contribution in [2.45, 2.75) is 51.1 Å². The third-order valence-electron chi connectivity index (χ3n) is 6.69. The summed E-state index contributed by atoms with van der Waals surface area (Å²) in [4.78, 5) is 26.1. The smallest absolute Gasteiger partial charge is 0.236 e. The molecule has 8 heteroatoms. The van der Waals surface area contributed by atoms with Gasteiger partial charge < -0.3 is 4.90 Å². The van der Waals surface area contributed by atoms with E-state index in [2.05, 4.69) is 24.9 Å². The van der Waals surface area contributed by atoms with Crippen LogP contribution in [-0.2, 0) is 17.8 Å². The first-order chi connectivity index (χ1) is 14.8. The van der Waals surface area contributed by atoms with Crippen molar-refractivity contribution in [3.63, 3.8) is 0 Å². The van der Waals surface area contributed by atoms with Gasteiger partial charge in [-0.2, -0.15) is 5.10 Å². The van der Waals surface area contributed by atoms with E-state index in [0.717, 1.165) is 68.9 Å². The van der Waals surface area contributed by atoms with Crippen LogP contribution in [0.3, 0.4) is 0 Å². The average Bonchev–Trinajstić information content (AvgIpc) is 3.42. The summed E-state index contributed by atoms with van der Waals surface area (Å²) in [5.41, 5.74) is 2.00. The molecular formula is C22H30N6OS. The highest BCUT2D eigenvalue weighted by Crippen LogP contribution is 2.30. The number of aromatic nitrogens is 3. The van der Waals surface area contributed by atoms with Gasteiger partial charge in [0.2, 0.25) is 5.91 Å². The Kier molecular flexibility index (Phi) is 6.06. The average molecular weight is 427 g/mol. The zero-order valence-corrected chi connectivity index (χ0v) is 18.3. The number of aryl methyl sites for hydroxylation is 1. The molecule has 7 nitrogen and oxygen atoms in total. The monoisotopic (exact) mass is 426 g/mol. The Hall–Kier alpha value is -1.90. The molecule has 0 bridgehead atoms. The second kappa shape index (κ2) is 9.08. The highest BCUT2D eigenvalue weighted by atomic mass is 32.1. The molecule has 2 aromatic rings. The first kappa shape index (κ1) is 20.0. The van der Waals surface area contributed by atoms with Gasteiger partial charge in [-0.05, 0) is 44.4 Å². The van der Waals surface area contributed by atoms with E-state index < -0.39 is 0 Å². The highest BCUT2D eigenvalue weighted by molar-refractivity contribution is 7.15. The summed E-state index contributed by atoms with van der Waals surface area (Å²) >= 11 is 1.70. The summed E-state index contributed by atoms with van der Waals surface area (Å²) in [6.07, 6.45) is 9.12. The summed E-state index contributed by atoms with van der Waals surface area (Å²) in [6.45, 7) is 6.12. The van der Waals surface area contributed by atoms with Crippen molar-refractivity contribution in [3.8, 4) is 10.7 Å². The van der Waals surface area contributed by atoms with Crippen molar-refractivity contribution in [1.29, 1.82) is 0 Å². The van der Waals surface area contributed by atoms with Crippen LogP contribution in [0, 0.1) is 0 Å². The molecule has 1 amide bonds. The summed E-state index contributed by atoms with van der Waals surface area (Å²) in [5, 5.41) is 9.11. The van der Waals surface area contributed by atoms with E-state index in [1.165, 1.54) is 36.3 Å². The van der Waals surface area contributed by atoms with Crippen molar-refractivity contribution < 1.29 is 4.79 Å². The molecule has 160 valence electrons. The van der Waals surface area contributed by atoms with Gasteiger partial charge in [0.05, 0.1) is 12.2 Å². The predicted octanol–water partition coefficient (Wildman–Crippen LogP) is 2.44. The van der Waals surface area contributed by atoms with Crippen molar-refractivity contribution >= 4 is 17.2 Å². The first-order valence-corrected chi connectivity index (χ1v) is 12.1. The molecule has 0 atom stereocenters. The second-order valence-corrected chi connectivity index (χ2v) is 9.75. The molecule has 2 aromatic heterocycles. The zero-order chi connectivity index (χ0) is 20.3. The molecule has 4 heterocycles. The molecule has 0 unspecified atom stereocenters. The number of hydrogen-bond acceptors (Lipinski definition) is 7. The van der Waals surface area contributed by atoms with Crippen LogP contribution in [0.4, 0.5) is 0 Å². The van der Waals surface area contributed by atoms with E-state index in [1.807, 2.05) is 12.1 Å². The molecule has 0 N–H and O–H groups in total. The van der Waals surface area contributed by atoms with Gasteiger partial charge in [0.15, 0.2) is 0 Å². The van der Waals surface area contributed by atoms with Crippen molar-refractivity contribution in [1.82, 2.24) is 29.9 Å². The fraction of sp³-hybridized carbons (Fsp3) is 0.636. The third-order valence-corrected chi connectivity index (χ3v) is 7.80. The lowest BCUT2D eigenvalue weighted by Crippen LogP contribution is -2.53. The van der Waals surface area contributed by atoms with Crippen LogP contribution in [0.15, 0.2) is 18.3 Å². The van der Waals surface area contributed by atoms with E-state index in [0.29, 0.717) is 6.54 Å². The molecule has 1 aliphatic carbocycles. The van der Waals surface area contributed by atoms with Crippen molar-refractivity contribution in [3.05, 3.63) is 28.9 Å². The summed E-state index contributed by atoms with van der Waals surface area (Å²) in [5.74, 6) is 0.281. The molecule has 0 aromatic carbocycles. The van der Waals surface area contributed by atoms with Crippen LogP contribution in [0.2, 0.25) is 0 Å². The Bertz CT molecular complexity index is 858. The van der Waals surface area contributed by atoms with Gasteiger partial charge in [0.1, 0.15) is 10.7 Å². The Labute approximate surface area is 182 Å². The van der Waals surface area contributed by atoms with Gasteiger partial charge in [-0.25, -0.2) is 4.98 Å². The van der Waals surface area contributed by atoms with Crippen molar-refractivity contribution in [2.75, 3.05) is 39.3 Å². The van der Waals surface area contributed by atoms with Crippen LogP contribution < -0.4 is 0 Å². The SMILES string of the molecule is O=C(CN1CCCc2nc(-c3cccnn3)sc2C1)N1CCN(C2CCCC2)CC1. The summed E-state index contributed by atoms with van der Waals surface area (Å²) in [7, 11) is 0. The van der Waals surface area contributed by atoms with Gasteiger partial charge in [0, 0.05) is 49.8 Å². The molecule has 1 saturated carbocycles. The number of carbonyl (C=O) groups excluding carboxylic acids is 1. The number of nitrogens with zero attached hydrogens (tertiary/aromatic N) is 6. The quantitative estimate of drug-likeness (QED) is 0.748. The molecule has 5 rings (SSSR count). The minimum absolute atomic E-state index is 0.281. The Morgan fingerprint density at radius 1 is 1.10 bits per heavy atom. The van der Waals surface area contributed by atoms with Crippen LogP contribution >= 0.6 is 11.3 Å². The molecule has 1 saturated heterocycles. The number of fused-ring (bicyclic) bond motifs is 1. The van der Waals surface area contributed by atoms with Crippen LogP contribution in [0.1, 0.15) is 42.7 Å². The molecule has 0 radical (unpaired) electrons.